The first-order valence-electron chi connectivity index (χ1n) is 7.68. The summed E-state index contributed by atoms with van der Waals surface area (Å²) in [5.41, 5.74) is 5.72. The number of hydrogen-bond acceptors (Lipinski definition) is 1. The molecular formula is C19H22BrN. The molecule has 1 saturated heterocycles. The Hall–Kier alpha value is -1.12. The molecule has 0 spiro atoms. The average molecular weight is 344 g/mol. The lowest BCUT2D eigenvalue weighted by molar-refractivity contribution is 0.404. The fourth-order valence-electron chi connectivity index (χ4n) is 3.31. The van der Waals surface area contributed by atoms with E-state index in [0.29, 0.717) is 11.8 Å². The molecule has 0 radical (unpaired) electrons. The number of rotatable bonds is 2. The highest BCUT2D eigenvalue weighted by Gasteiger charge is 2.27. The molecule has 1 heterocycles. The first-order valence-corrected chi connectivity index (χ1v) is 8.48. The van der Waals surface area contributed by atoms with E-state index < -0.39 is 0 Å². The Balaban J connectivity index is 1.94. The third kappa shape index (κ3) is 3.22. The Kier molecular flexibility index (Phi) is 4.46. The van der Waals surface area contributed by atoms with Gasteiger partial charge in [0.15, 0.2) is 0 Å². The van der Waals surface area contributed by atoms with Crippen LogP contribution >= 0.6 is 15.9 Å². The Morgan fingerprint density at radius 2 is 1.62 bits per heavy atom. The van der Waals surface area contributed by atoms with Crippen LogP contribution in [0.3, 0.4) is 0 Å². The molecule has 21 heavy (non-hydrogen) atoms. The van der Waals surface area contributed by atoms with E-state index >= 15 is 0 Å². The van der Waals surface area contributed by atoms with Crippen molar-refractivity contribution in [2.75, 3.05) is 13.1 Å². The third-order valence-electron chi connectivity index (χ3n) is 4.74. The Labute approximate surface area is 135 Å². The van der Waals surface area contributed by atoms with Gasteiger partial charge in [-0.3, -0.25) is 0 Å². The van der Waals surface area contributed by atoms with Crippen LogP contribution in [0.1, 0.15) is 40.5 Å². The van der Waals surface area contributed by atoms with Crippen molar-refractivity contribution in [2.45, 2.75) is 32.1 Å². The van der Waals surface area contributed by atoms with Gasteiger partial charge in [-0.05, 0) is 67.1 Å². The molecule has 3 rings (SSSR count). The van der Waals surface area contributed by atoms with Crippen LogP contribution in [-0.2, 0) is 0 Å². The standard InChI is InChI=1S/C19H22BrN/c1-13-3-4-16(11-14(13)2)18-9-10-21-12-19(18)15-5-7-17(20)8-6-15/h3-8,11,18-19,21H,9-10,12H2,1-2H3. The van der Waals surface area contributed by atoms with Gasteiger partial charge in [0.2, 0.25) is 0 Å². The summed E-state index contributed by atoms with van der Waals surface area (Å²) in [6.45, 7) is 6.59. The van der Waals surface area contributed by atoms with Crippen LogP contribution in [0.25, 0.3) is 0 Å². The lowest BCUT2D eigenvalue weighted by Gasteiger charge is -2.33. The van der Waals surface area contributed by atoms with Crippen molar-refractivity contribution in [3.8, 4) is 0 Å². The molecule has 2 heteroatoms. The highest BCUT2D eigenvalue weighted by Crippen LogP contribution is 2.38. The van der Waals surface area contributed by atoms with Crippen molar-refractivity contribution in [1.82, 2.24) is 5.32 Å². The van der Waals surface area contributed by atoms with E-state index in [-0.39, 0.29) is 0 Å². The van der Waals surface area contributed by atoms with Crippen LogP contribution in [0, 0.1) is 13.8 Å². The Morgan fingerprint density at radius 1 is 0.905 bits per heavy atom. The van der Waals surface area contributed by atoms with Gasteiger partial charge in [-0.15, -0.1) is 0 Å². The van der Waals surface area contributed by atoms with Crippen LogP contribution in [-0.4, -0.2) is 13.1 Å². The Morgan fingerprint density at radius 3 is 2.33 bits per heavy atom. The molecular weight excluding hydrogens is 322 g/mol. The number of benzene rings is 2. The summed E-state index contributed by atoms with van der Waals surface area (Å²) < 4.78 is 1.15. The predicted octanol–water partition coefficient (Wildman–Crippen LogP) is 4.93. The molecule has 2 aromatic rings. The van der Waals surface area contributed by atoms with Gasteiger partial charge in [0.25, 0.3) is 0 Å². The van der Waals surface area contributed by atoms with Crippen molar-refractivity contribution in [3.05, 3.63) is 69.2 Å². The number of aryl methyl sites for hydroxylation is 2. The van der Waals surface area contributed by atoms with Gasteiger partial charge >= 0.3 is 0 Å². The second-order valence-corrected chi connectivity index (χ2v) is 7.02. The van der Waals surface area contributed by atoms with Crippen LogP contribution in [0.4, 0.5) is 0 Å². The molecule has 0 aromatic heterocycles. The minimum atomic E-state index is 0.564. The molecule has 1 aliphatic heterocycles. The Bertz CT molecular complexity index is 618. The van der Waals surface area contributed by atoms with Crippen molar-refractivity contribution in [3.63, 3.8) is 0 Å². The summed E-state index contributed by atoms with van der Waals surface area (Å²) in [7, 11) is 0. The fourth-order valence-corrected chi connectivity index (χ4v) is 3.58. The molecule has 2 unspecified atom stereocenters. The summed E-state index contributed by atoms with van der Waals surface area (Å²) in [5, 5.41) is 3.56. The van der Waals surface area contributed by atoms with E-state index in [9.17, 15) is 0 Å². The average Bonchev–Trinajstić information content (AvgIpc) is 2.51. The van der Waals surface area contributed by atoms with Crippen LogP contribution < -0.4 is 5.32 Å². The summed E-state index contributed by atoms with van der Waals surface area (Å²) in [6.07, 6.45) is 1.21. The largest absolute Gasteiger partial charge is 0.316 e. The van der Waals surface area contributed by atoms with Gasteiger partial charge < -0.3 is 5.32 Å². The number of piperidine rings is 1. The van der Waals surface area contributed by atoms with Crippen molar-refractivity contribution < 1.29 is 0 Å². The molecule has 2 aromatic carbocycles. The van der Waals surface area contributed by atoms with Gasteiger partial charge in [-0.25, -0.2) is 0 Å². The van der Waals surface area contributed by atoms with E-state index in [4.69, 9.17) is 0 Å². The molecule has 0 amide bonds. The first kappa shape index (κ1) is 14.8. The molecule has 2 atom stereocenters. The van der Waals surface area contributed by atoms with Crippen LogP contribution in [0.15, 0.2) is 46.9 Å². The molecule has 1 fully saturated rings. The van der Waals surface area contributed by atoms with Crippen LogP contribution in [0.2, 0.25) is 0 Å². The number of halogens is 1. The zero-order chi connectivity index (χ0) is 14.8. The van der Waals surface area contributed by atoms with Gasteiger partial charge in [-0.1, -0.05) is 46.3 Å². The third-order valence-corrected chi connectivity index (χ3v) is 5.27. The maximum Gasteiger partial charge on any atom is 0.0175 e. The second-order valence-electron chi connectivity index (χ2n) is 6.10. The van der Waals surface area contributed by atoms with E-state index in [1.807, 2.05) is 0 Å². The molecule has 0 bridgehead atoms. The van der Waals surface area contributed by atoms with E-state index in [1.165, 1.54) is 28.7 Å². The highest BCUT2D eigenvalue weighted by atomic mass is 79.9. The lowest BCUT2D eigenvalue weighted by Crippen LogP contribution is -2.34. The molecule has 1 aliphatic rings. The fraction of sp³-hybridized carbons (Fsp3) is 0.368. The van der Waals surface area contributed by atoms with Crippen molar-refractivity contribution in [2.24, 2.45) is 0 Å². The normalized spacial score (nSPS) is 22.2. The summed E-state index contributed by atoms with van der Waals surface area (Å²) in [5.74, 6) is 1.18. The SMILES string of the molecule is Cc1ccc(C2CCNCC2c2ccc(Br)cc2)cc1C. The zero-order valence-electron chi connectivity index (χ0n) is 12.7. The summed E-state index contributed by atoms with van der Waals surface area (Å²) >= 11 is 3.53. The van der Waals surface area contributed by atoms with Crippen LogP contribution in [0.5, 0.6) is 0 Å². The zero-order valence-corrected chi connectivity index (χ0v) is 14.3. The molecule has 0 aliphatic carbocycles. The topological polar surface area (TPSA) is 12.0 Å². The minimum Gasteiger partial charge on any atom is -0.316 e. The monoisotopic (exact) mass is 343 g/mol. The highest BCUT2D eigenvalue weighted by molar-refractivity contribution is 9.10. The van der Waals surface area contributed by atoms with E-state index in [0.717, 1.165) is 17.6 Å². The van der Waals surface area contributed by atoms with Gasteiger partial charge in [-0.2, -0.15) is 0 Å². The smallest absolute Gasteiger partial charge is 0.0175 e. The van der Waals surface area contributed by atoms with Gasteiger partial charge in [0, 0.05) is 16.9 Å². The van der Waals surface area contributed by atoms with E-state index in [1.54, 1.807) is 0 Å². The molecule has 0 saturated carbocycles. The quantitative estimate of drug-likeness (QED) is 0.815. The first-order chi connectivity index (χ1) is 10.1. The minimum absolute atomic E-state index is 0.564. The molecule has 1 N–H and O–H groups in total. The maximum atomic E-state index is 3.56. The molecule has 110 valence electrons. The lowest BCUT2D eigenvalue weighted by atomic mass is 9.77. The van der Waals surface area contributed by atoms with Crippen molar-refractivity contribution >= 4 is 15.9 Å². The number of hydrogen-bond donors (Lipinski definition) is 1. The van der Waals surface area contributed by atoms with Gasteiger partial charge in [0.05, 0.1) is 0 Å². The van der Waals surface area contributed by atoms with E-state index in [2.05, 4.69) is 77.6 Å². The molecule has 1 nitrogen and oxygen atoms in total. The predicted molar refractivity (Wildman–Crippen MR) is 93.0 cm³/mol. The second kappa shape index (κ2) is 6.33. The van der Waals surface area contributed by atoms with Crippen molar-refractivity contribution in [1.29, 1.82) is 0 Å². The summed E-state index contributed by atoms with van der Waals surface area (Å²) in [4.78, 5) is 0. The van der Waals surface area contributed by atoms with Gasteiger partial charge in [0.1, 0.15) is 0 Å². The summed E-state index contributed by atoms with van der Waals surface area (Å²) in [6, 6.07) is 15.8. The number of nitrogens with one attached hydrogen (secondary N) is 1. The maximum absolute atomic E-state index is 3.56.